The van der Waals surface area contributed by atoms with Gasteiger partial charge in [0.25, 0.3) is 0 Å². The van der Waals surface area contributed by atoms with Gasteiger partial charge >= 0.3 is 0 Å². The first kappa shape index (κ1) is 15.1. The first-order chi connectivity index (χ1) is 10.7. The number of aromatic nitrogens is 2. The van der Waals surface area contributed by atoms with Crippen LogP contribution < -0.4 is 5.32 Å². The molecule has 1 heterocycles. The Balaban J connectivity index is 1.59. The number of halogens is 1. The predicted octanol–water partition coefficient (Wildman–Crippen LogP) is 4.25. The third-order valence-corrected chi connectivity index (χ3v) is 4.60. The lowest BCUT2D eigenvalue weighted by Crippen LogP contribution is -2.18. The van der Waals surface area contributed by atoms with E-state index in [0.717, 1.165) is 29.9 Å². The van der Waals surface area contributed by atoms with Crippen molar-refractivity contribution in [1.82, 2.24) is 9.36 Å². The molecular weight excluding hydrogens is 301 g/mol. The van der Waals surface area contributed by atoms with Gasteiger partial charge < -0.3 is 5.32 Å². The molecule has 0 radical (unpaired) electrons. The standard InChI is InChI=1S/C16H18FN3OS/c17-13-8-6-12(7-9-13)15-19-16(22-20-15)18-14(21)10-11-4-2-1-3-5-11/h6-9,11H,1-5,10H2,(H,18,19,20,21). The summed E-state index contributed by atoms with van der Waals surface area (Å²) < 4.78 is 17.1. The fourth-order valence-corrected chi connectivity index (χ4v) is 3.42. The van der Waals surface area contributed by atoms with Gasteiger partial charge in [-0.05, 0) is 43.0 Å². The van der Waals surface area contributed by atoms with Crippen LogP contribution in [0.15, 0.2) is 24.3 Å². The van der Waals surface area contributed by atoms with Crippen LogP contribution in [0.1, 0.15) is 38.5 Å². The third kappa shape index (κ3) is 3.88. The number of carbonyl (C=O) groups excluding carboxylic acids is 1. The molecule has 1 fully saturated rings. The van der Waals surface area contributed by atoms with Gasteiger partial charge in [-0.15, -0.1) is 0 Å². The van der Waals surface area contributed by atoms with E-state index in [0.29, 0.717) is 23.3 Å². The van der Waals surface area contributed by atoms with Gasteiger partial charge in [0.1, 0.15) is 5.82 Å². The summed E-state index contributed by atoms with van der Waals surface area (Å²) in [6, 6.07) is 6.01. The average molecular weight is 319 g/mol. The van der Waals surface area contributed by atoms with Crippen LogP contribution in [0.2, 0.25) is 0 Å². The van der Waals surface area contributed by atoms with E-state index in [1.165, 1.54) is 31.4 Å². The summed E-state index contributed by atoms with van der Waals surface area (Å²) in [4.78, 5) is 16.3. The molecular formula is C16H18FN3OS. The maximum absolute atomic E-state index is 12.9. The van der Waals surface area contributed by atoms with Crippen LogP contribution in [0, 0.1) is 11.7 Å². The van der Waals surface area contributed by atoms with Crippen molar-refractivity contribution in [2.45, 2.75) is 38.5 Å². The van der Waals surface area contributed by atoms with E-state index in [2.05, 4.69) is 14.7 Å². The second-order valence-electron chi connectivity index (χ2n) is 5.69. The normalized spacial score (nSPS) is 15.7. The zero-order chi connectivity index (χ0) is 15.4. The van der Waals surface area contributed by atoms with Crippen LogP contribution in [0.4, 0.5) is 9.52 Å². The highest BCUT2D eigenvalue weighted by molar-refractivity contribution is 7.10. The summed E-state index contributed by atoms with van der Waals surface area (Å²) in [5, 5.41) is 3.32. The SMILES string of the molecule is O=C(CC1CCCCC1)Nc1nc(-c2ccc(F)cc2)ns1. The molecule has 22 heavy (non-hydrogen) atoms. The zero-order valence-corrected chi connectivity index (χ0v) is 13.0. The van der Waals surface area contributed by atoms with Crippen molar-refractivity contribution in [3.05, 3.63) is 30.1 Å². The highest BCUT2D eigenvalue weighted by Gasteiger charge is 2.18. The predicted molar refractivity (Wildman–Crippen MR) is 85.1 cm³/mol. The monoisotopic (exact) mass is 319 g/mol. The molecule has 6 heteroatoms. The first-order valence-electron chi connectivity index (χ1n) is 7.60. The van der Waals surface area contributed by atoms with Gasteiger partial charge in [0, 0.05) is 23.5 Å². The van der Waals surface area contributed by atoms with Crippen molar-refractivity contribution < 1.29 is 9.18 Å². The Morgan fingerprint density at radius 3 is 2.68 bits per heavy atom. The second-order valence-corrected chi connectivity index (χ2v) is 6.44. The van der Waals surface area contributed by atoms with E-state index in [-0.39, 0.29) is 11.7 Å². The highest BCUT2D eigenvalue weighted by Crippen LogP contribution is 2.27. The van der Waals surface area contributed by atoms with Crippen LogP contribution >= 0.6 is 11.5 Å². The molecule has 0 spiro atoms. The van der Waals surface area contributed by atoms with Crippen LogP contribution in [-0.4, -0.2) is 15.3 Å². The molecule has 1 aromatic carbocycles. The topological polar surface area (TPSA) is 54.9 Å². The molecule has 0 atom stereocenters. The van der Waals surface area contributed by atoms with Crippen molar-refractivity contribution >= 4 is 22.6 Å². The smallest absolute Gasteiger partial charge is 0.226 e. The first-order valence-corrected chi connectivity index (χ1v) is 8.37. The van der Waals surface area contributed by atoms with E-state index < -0.39 is 0 Å². The lowest BCUT2D eigenvalue weighted by molar-refractivity contribution is -0.117. The largest absolute Gasteiger partial charge is 0.301 e. The molecule has 0 bridgehead atoms. The molecule has 1 aliphatic carbocycles. The maximum Gasteiger partial charge on any atom is 0.226 e. The van der Waals surface area contributed by atoms with E-state index in [1.807, 2.05) is 0 Å². The minimum absolute atomic E-state index is 0.00806. The quantitative estimate of drug-likeness (QED) is 0.916. The van der Waals surface area contributed by atoms with Crippen LogP contribution in [-0.2, 0) is 4.79 Å². The van der Waals surface area contributed by atoms with E-state index in [9.17, 15) is 9.18 Å². The van der Waals surface area contributed by atoms with Crippen LogP contribution in [0.3, 0.4) is 0 Å². The molecule has 0 saturated heterocycles. The van der Waals surface area contributed by atoms with Crippen LogP contribution in [0.5, 0.6) is 0 Å². The number of hydrogen-bond donors (Lipinski definition) is 1. The molecule has 0 aliphatic heterocycles. The Labute approximate surface area is 132 Å². The minimum Gasteiger partial charge on any atom is -0.301 e. The molecule has 1 aromatic heterocycles. The number of hydrogen-bond acceptors (Lipinski definition) is 4. The summed E-state index contributed by atoms with van der Waals surface area (Å²) in [6.07, 6.45) is 6.59. The van der Waals surface area contributed by atoms with Crippen molar-refractivity contribution in [3.63, 3.8) is 0 Å². The molecule has 1 N–H and O–H groups in total. The van der Waals surface area contributed by atoms with Gasteiger partial charge in [0.05, 0.1) is 0 Å². The van der Waals surface area contributed by atoms with Gasteiger partial charge in [-0.1, -0.05) is 19.3 Å². The Hall–Kier alpha value is -1.82. The van der Waals surface area contributed by atoms with E-state index in [1.54, 1.807) is 12.1 Å². The van der Waals surface area contributed by atoms with Crippen molar-refractivity contribution in [3.8, 4) is 11.4 Å². The summed E-state index contributed by atoms with van der Waals surface area (Å²) in [5.74, 6) is 0.727. The van der Waals surface area contributed by atoms with Gasteiger partial charge in [-0.3, -0.25) is 4.79 Å². The fourth-order valence-electron chi connectivity index (χ4n) is 2.81. The Bertz CT molecular complexity index is 635. The lowest BCUT2D eigenvalue weighted by atomic mass is 9.87. The zero-order valence-electron chi connectivity index (χ0n) is 12.2. The summed E-state index contributed by atoms with van der Waals surface area (Å²) in [5.41, 5.74) is 0.741. The number of benzene rings is 1. The Kier molecular flexibility index (Phi) is 4.77. The number of rotatable bonds is 4. The van der Waals surface area contributed by atoms with Gasteiger partial charge in [0.15, 0.2) is 5.82 Å². The van der Waals surface area contributed by atoms with Crippen LogP contribution in [0.25, 0.3) is 11.4 Å². The van der Waals surface area contributed by atoms with Crippen molar-refractivity contribution in [2.75, 3.05) is 5.32 Å². The lowest BCUT2D eigenvalue weighted by Gasteiger charge is -2.20. The number of nitrogens with zero attached hydrogens (tertiary/aromatic N) is 2. The van der Waals surface area contributed by atoms with Gasteiger partial charge in [0.2, 0.25) is 11.0 Å². The summed E-state index contributed by atoms with van der Waals surface area (Å²) in [6.45, 7) is 0. The Morgan fingerprint density at radius 1 is 1.23 bits per heavy atom. The van der Waals surface area contributed by atoms with E-state index >= 15 is 0 Å². The molecule has 0 unspecified atom stereocenters. The van der Waals surface area contributed by atoms with Crippen molar-refractivity contribution in [2.24, 2.45) is 5.92 Å². The van der Waals surface area contributed by atoms with Crippen molar-refractivity contribution in [1.29, 1.82) is 0 Å². The third-order valence-electron chi connectivity index (χ3n) is 3.97. The molecule has 3 rings (SSSR count). The minimum atomic E-state index is -0.292. The molecule has 2 aromatic rings. The molecule has 4 nitrogen and oxygen atoms in total. The number of carbonyl (C=O) groups is 1. The summed E-state index contributed by atoms with van der Waals surface area (Å²) in [7, 11) is 0. The molecule has 116 valence electrons. The summed E-state index contributed by atoms with van der Waals surface area (Å²) >= 11 is 1.15. The van der Waals surface area contributed by atoms with E-state index in [4.69, 9.17) is 0 Å². The average Bonchev–Trinajstić information content (AvgIpc) is 2.97. The maximum atomic E-state index is 12.9. The Morgan fingerprint density at radius 2 is 1.95 bits per heavy atom. The fraction of sp³-hybridized carbons (Fsp3) is 0.438. The number of anilines is 1. The molecule has 1 amide bonds. The second kappa shape index (κ2) is 6.96. The highest BCUT2D eigenvalue weighted by atomic mass is 32.1. The number of nitrogens with one attached hydrogen (secondary N) is 1. The molecule has 1 saturated carbocycles. The van der Waals surface area contributed by atoms with Gasteiger partial charge in [-0.2, -0.15) is 9.36 Å². The molecule has 1 aliphatic rings. The number of amides is 1. The van der Waals surface area contributed by atoms with Gasteiger partial charge in [-0.25, -0.2) is 4.39 Å².